The fourth-order valence-electron chi connectivity index (χ4n) is 1.83. The first kappa shape index (κ1) is 11.7. The van der Waals surface area contributed by atoms with E-state index in [9.17, 15) is 9.90 Å². The number of carbonyl (C=O) groups is 1. The molecule has 2 N–H and O–H groups in total. The normalized spacial score (nSPS) is 10.7. The summed E-state index contributed by atoms with van der Waals surface area (Å²) < 4.78 is 1.03. The molecule has 0 saturated heterocycles. The van der Waals surface area contributed by atoms with Gasteiger partial charge in [0.15, 0.2) is 0 Å². The molecule has 4 nitrogen and oxygen atoms in total. The number of thiazole rings is 1. The van der Waals surface area contributed by atoms with Crippen LogP contribution in [0.3, 0.4) is 0 Å². The van der Waals surface area contributed by atoms with Crippen molar-refractivity contribution in [2.24, 2.45) is 0 Å². The Labute approximate surface area is 112 Å². The molecule has 19 heavy (non-hydrogen) atoms. The quantitative estimate of drug-likeness (QED) is 0.749. The first-order valence-corrected chi connectivity index (χ1v) is 6.39. The molecule has 2 aromatic carbocycles. The van der Waals surface area contributed by atoms with Crippen LogP contribution in [-0.4, -0.2) is 21.2 Å². The van der Waals surface area contributed by atoms with Crippen LogP contribution >= 0.6 is 11.3 Å². The zero-order valence-electron chi connectivity index (χ0n) is 9.70. The number of aromatic carboxylic acids is 1. The number of rotatable bonds is 2. The summed E-state index contributed by atoms with van der Waals surface area (Å²) in [7, 11) is 0. The molecule has 0 aliphatic heterocycles. The molecule has 0 atom stereocenters. The molecule has 0 aliphatic carbocycles. The summed E-state index contributed by atoms with van der Waals surface area (Å²) in [4.78, 5) is 15.2. The fraction of sp³-hybridized carbons (Fsp3) is 0. The highest BCUT2D eigenvalue weighted by Crippen LogP contribution is 2.35. The van der Waals surface area contributed by atoms with E-state index in [-0.39, 0.29) is 11.3 Å². The number of fused-ring (bicyclic) bond motifs is 1. The third kappa shape index (κ3) is 2.04. The first-order valence-electron chi connectivity index (χ1n) is 5.57. The SMILES string of the molecule is O=C(O)c1ccc(-c2nc3ccccc3s2)c(O)c1. The van der Waals surface area contributed by atoms with Crippen LogP contribution < -0.4 is 0 Å². The Bertz CT molecular complexity index is 746. The highest BCUT2D eigenvalue weighted by Gasteiger charge is 2.12. The number of nitrogens with zero attached hydrogens (tertiary/aromatic N) is 1. The molecular weight excluding hydrogens is 262 g/mol. The molecule has 3 rings (SSSR count). The number of hydrogen-bond acceptors (Lipinski definition) is 4. The van der Waals surface area contributed by atoms with E-state index < -0.39 is 5.97 Å². The van der Waals surface area contributed by atoms with E-state index in [2.05, 4.69) is 4.98 Å². The Morgan fingerprint density at radius 1 is 1.16 bits per heavy atom. The monoisotopic (exact) mass is 271 g/mol. The molecule has 3 aromatic rings. The van der Waals surface area contributed by atoms with Gasteiger partial charge in [-0.15, -0.1) is 11.3 Å². The number of carboxylic acids is 1. The summed E-state index contributed by atoms with van der Waals surface area (Å²) >= 11 is 1.46. The maximum atomic E-state index is 10.8. The van der Waals surface area contributed by atoms with Crippen LogP contribution in [0.25, 0.3) is 20.8 Å². The molecular formula is C14H9NO3S. The third-order valence-electron chi connectivity index (χ3n) is 2.77. The number of phenols is 1. The van der Waals surface area contributed by atoms with Gasteiger partial charge in [0.2, 0.25) is 0 Å². The van der Waals surface area contributed by atoms with E-state index in [4.69, 9.17) is 5.11 Å². The average molecular weight is 271 g/mol. The van der Waals surface area contributed by atoms with E-state index in [0.29, 0.717) is 10.6 Å². The minimum absolute atomic E-state index is 0.0577. The second kappa shape index (κ2) is 4.37. The van der Waals surface area contributed by atoms with Gasteiger partial charge < -0.3 is 10.2 Å². The summed E-state index contributed by atoms with van der Waals surface area (Å²) in [5.41, 5.74) is 1.47. The van der Waals surface area contributed by atoms with Crippen molar-refractivity contribution in [3.8, 4) is 16.3 Å². The van der Waals surface area contributed by atoms with Gasteiger partial charge in [0.05, 0.1) is 21.3 Å². The van der Waals surface area contributed by atoms with Crippen LogP contribution in [0.2, 0.25) is 0 Å². The zero-order chi connectivity index (χ0) is 13.4. The molecule has 0 radical (unpaired) electrons. The van der Waals surface area contributed by atoms with Crippen LogP contribution in [0.15, 0.2) is 42.5 Å². The Morgan fingerprint density at radius 3 is 2.63 bits per heavy atom. The van der Waals surface area contributed by atoms with Crippen molar-refractivity contribution < 1.29 is 15.0 Å². The Morgan fingerprint density at radius 2 is 1.95 bits per heavy atom. The van der Waals surface area contributed by atoms with Crippen molar-refractivity contribution in [2.75, 3.05) is 0 Å². The molecule has 0 aliphatic rings. The molecule has 5 heteroatoms. The van der Waals surface area contributed by atoms with Gasteiger partial charge in [0.25, 0.3) is 0 Å². The number of aromatic hydroxyl groups is 1. The molecule has 0 unspecified atom stereocenters. The Balaban J connectivity index is 2.13. The third-order valence-corrected chi connectivity index (χ3v) is 3.84. The van der Waals surface area contributed by atoms with Gasteiger partial charge in [-0.25, -0.2) is 9.78 Å². The smallest absolute Gasteiger partial charge is 0.335 e. The number of aromatic nitrogens is 1. The molecule has 1 aromatic heterocycles. The summed E-state index contributed by atoms with van der Waals surface area (Å²) in [6.07, 6.45) is 0. The Kier molecular flexibility index (Phi) is 2.68. The second-order valence-corrected chi connectivity index (χ2v) is 5.05. The lowest BCUT2D eigenvalue weighted by molar-refractivity contribution is 0.0696. The van der Waals surface area contributed by atoms with E-state index in [1.165, 1.54) is 23.5 Å². The highest BCUT2D eigenvalue weighted by atomic mass is 32.1. The molecule has 0 amide bonds. The minimum atomic E-state index is -1.06. The van der Waals surface area contributed by atoms with Crippen LogP contribution in [0.1, 0.15) is 10.4 Å². The van der Waals surface area contributed by atoms with Crippen molar-refractivity contribution >= 4 is 27.5 Å². The summed E-state index contributed by atoms with van der Waals surface area (Å²) in [5.74, 6) is -1.13. The van der Waals surface area contributed by atoms with Crippen LogP contribution in [0.5, 0.6) is 5.75 Å². The molecule has 94 valence electrons. The topological polar surface area (TPSA) is 70.4 Å². The van der Waals surface area contributed by atoms with E-state index in [1.54, 1.807) is 6.07 Å². The van der Waals surface area contributed by atoms with Gasteiger partial charge in [-0.05, 0) is 30.3 Å². The number of benzene rings is 2. The van der Waals surface area contributed by atoms with Crippen LogP contribution in [-0.2, 0) is 0 Å². The van der Waals surface area contributed by atoms with Gasteiger partial charge in [-0.3, -0.25) is 0 Å². The maximum Gasteiger partial charge on any atom is 0.335 e. The molecule has 1 heterocycles. The van der Waals surface area contributed by atoms with Crippen molar-refractivity contribution in [3.05, 3.63) is 48.0 Å². The van der Waals surface area contributed by atoms with Gasteiger partial charge in [-0.1, -0.05) is 12.1 Å². The van der Waals surface area contributed by atoms with Gasteiger partial charge in [0, 0.05) is 0 Å². The molecule has 0 fully saturated rings. The highest BCUT2D eigenvalue weighted by molar-refractivity contribution is 7.21. The van der Waals surface area contributed by atoms with Crippen molar-refractivity contribution in [2.45, 2.75) is 0 Å². The standard InChI is InChI=1S/C14H9NO3S/c16-11-7-8(14(17)18)5-6-9(11)13-15-10-3-1-2-4-12(10)19-13/h1-7,16H,(H,17,18). The summed E-state index contributed by atoms with van der Waals surface area (Å²) in [6.45, 7) is 0. The number of carboxylic acid groups (broad SMARTS) is 1. The predicted molar refractivity (Wildman–Crippen MR) is 73.7 cm³/mol. The lowest BCUT2D eigenvalue weighted by Crippen LogP contribution is -1.95. The lowest BCUT2D eigenvalue weighted by Gasteiger charge is -2.01. The Hall–Kier alpha value is -2.40. The predicted octanol–water partition coefficient (Wildman–Crippen LogP) is 3.37. The number of phenolic OH excluding ortho intramolecular Hbond substituents is 1. The lowest BCUT2D eigenvalue weighted by atomic mass is 10.1. The van der Waals surface area contributed by atoms with Gasteiger partial charge in [-0.2, -0.15) is 0 Å². The van der Waals surface area contributed by atoms with E-state index in [1.807, 2.05) is 24.3 Å². The summed E-state index contributed by atoms with van der Waals surface area (Å²) in [5, 5.41) is 19.5. The van der Waals surface area contributed by atoms with Crippen LogP contribution in [0.4, 0.5) is 0 Å². The molecule has 0 saturated carbocycles. The largest absolute Gasteiger partial charge is 0.507 e. The number of hydrogen-bond donors (Lipinski definition) is 2. The van der Waals surface area contributed by atoms with Crippen LogP contribution in [0, 0.1) is 0 Å². The second-order valence-electron chi connectivity index (χ2n) is 4.02. The van der Waals surface area contributed by atoms with Crippen molar-refractivity contribution in [3.63, 3.8) is 0 Å². The van der Waals surface area contributed by atoms with Crippen molar-refractivity contribution in [1.82, 2.24) is 4.98 Å². The minimum Gasteiger partial charge on any atom is -0.507 e. The maximum absolute atomic E-state index is 10.8. The summed E-state index contributed by atoms with van der Waals surface area (Å²) in [6, 6.07) is 12.0. The average Bonchev–Trinajstić information content (AvgIpc) is 2.81. The zero-order valence-corrected chi connectivity index (χ0v) is 10.5. The van der Waals surface area contributed by atoms with Crippen molar-refractivity contribution in [1.29, 1.82) is 0 Å². The molecule has 0 bridgehead atoms. The first-order chi connectivity index (χ1) is 9.15. The van der Waals surface area contributed by atoms with Gasteiger partial charge >= 0.3 is 5.97 Å². The van der Waals surface area contributed by atoms with Gasteiger partial charge in [0.1, 0.15) is 10.8 Å². The number of para-hydroxylation sites is 1. The van der Waals surface area contributed by atoms with E-state index >= 15 is 0 Å². The van der Waals surface area contributed by atoms with E-state index in [0.717, 1.165) is 10.2 Å². The fourth-order valence-corrected chi connectivity index (χ4v) is 2.83. The molecule has 0 spiro atoms.